The minimum absolute atomic E-state index is 0.164. The van der Waals surface area contributed by atoms with Crippen molar-refractivity contribution >= 4 is 11.3 Å². The summed E-state index contributed by atoms with van der Waals surface area (Å²) in [5.74, 6) is -1.75. The van der Waals surface area contributed by atoms with Crippen molar-refractivity contribution in [2.24, 2.45) is 5.73 Å². The second-order valence-electron chi connectivity index (χ2n) is 4.36. The van der Waals surface area contributed by atoms with E-state index in [0.29, 0.717) is 10.7 Å². The van der Waals surface area contributed by atoms with Crippen LogP contribution in [-0.2, 0) is 5.54 Å². The zero-order chi connectivity index (χ0) is 12.6. The lowest BCUT2D eigenvalue weighted by atomic mass is 10.1. The molecule has 0 radical (unpaired) electrons. The molecule has 2 nitrogen and oxygen atoms in total. The van der Waals surface area contributed by atoms with Gasteiger partial charge in [-0.1, -0.05) is 6.07 Å². The van der Waals surface area contributed by atoms with Crippen LogP contribution >= 0.6 is 11.3 Å². The van der Waals surface area contributed by atoms with E-state index < -0.39 is 17.2 Å². The van der Waals surface area contributed by atoms with Gasteiger partial charge in [0.05, 0.1) is 11.2 Å². The number of benzene rings is 1. The van der Waals surface area contributed by atoms with Gasteiger partial charge in [0.15, 0.2) is 11.6 Å². The van der Waals surface area contributed by atoms with Gasteiger partial charge < -0.3 is 5.73 Å². The first-order chi connectivity index (χ1) is 7.89. The van der Waals surface area contributed by atoms with E-state index in [1.807, 2.05) is 13.8 Å². The van der Waals surface area contributed by atoms with Crippen molar-refractivity contribution in [2.45, 2.75) is 19.4 Å². The van der Waals surface area contributed by atoms with Crippen LogP contribution in [0.5, 0.6) is 0 Å². The topological polar surface area (TPSA) is 38.9 Å². The Morgan fingerprint density at radius 3 is 2.59 bits per heavy atom. The first kappa shape index (κ1) is 12.1. The van der Waals surface area contributed by atoms with Crippen LogP contribution in [0.3, 0.4) is 0 Å². The molecule has 0 saturated carbocycles. The highest BCUT2D eigenvalue weighted by Crippen LogP contribution is 2.29. The molecule has 0 unspecified atom stereocenters. The lowest BCUT2D eigenvalue weighted by Gasteiger charge is -2.13. The average Bonchev–Trinajstić information content (AvgIpc) is 2.70. The number of rotatable bonds is 2. The molecule has 1 aromatic carbocycles. The molecule has 1 heterocycles. The van der Waals surface area contributed by atoms with Gasteiger partial charge in [-0.3, -0.25) is 0 Å². The van der Waals surface area contributed by atoms with Crippen LogP contribution in [0.1, 0.15) is 18.9 Å². The zero-order valence-electron chi connectivity index (χ0n) is 9.50. The van der Waals surface area contributed by atoms with Crippen LogP contribution in [0.25, 0.3) is 11.3 Å². The predicted molar refractivity (Wildman–Crippen MR) is 64.7 cm³/mol. The smallest absolute Gasteiger partial charge is 0.168 e. The highest BCUT2D eigenvalue weighted by molar-refractivity contribution is 7.10. The van der Waals surface area contributed by atoms with E-state index in [2.05, 4.69) is 4.98 Å². The van der Waals surface area contributed by atoms with E-state index in [0.717, 1.165) is 6.07 Å². The number of aromatic nitrogens is 1. The fourth-order valence-corrected chi connectivity index (χ4v) is 2.25. The van der Waals surface area contributed by atoms with Gasteiger partial charge in [-0.15, -0.1) is 11.3 Å². The highest BCUT2D eigenvalue weighted by atomic mass is 32.1. The van der Waals surface area contributed by atoms with Crippen molar-refractivity contribution in [3.63, 3.8) is 0 Å². The van der Waals surface area contributed by atoms with E-state index in [4.69, 9.17) is 5.73 Å². The second kappa shape index (κ2) is 4.16. The van der Waals surface area contributed by atoms with Gasteiger partial charge in [-0.05, 0) is 26.0 Å². The summed E-state index contributed by atoms with van der Waals surface area (Å²) >= 11 is 1.34. The Balaban J connectivity index is 2.48. The molecular weight excluding hydrogens is 242 g/mol. The summed E-state index contributed by atoms with van der Waals surface area (Å²) in [5.41, 5.74) is 5.90. The maximum absolute atomic E-state index is 13.6. The lowest BCUT2D eigenvalue weighted by molar-refractivity contribution is 0.510. The van der Waals surface area contributed by atoms with Crippen molar-refractivity contribution in [1.82, 2.24) is 4.98 Å². The lowest BCUT2D eigenvalue weighted by Crippen LogP contribution is -2.28. The zero-order valence-corrected chi connectivity index (χ0v) is 10.3. The van der Waals surface area contributed by atoms with Gasteiger partial charge in [0, 0.05) is 10.9 Å². The minimum atomic E-state index is -0.876. The summed E-state index contributed by atoms with van der Waals surface area (Å²) in [4.78, 5) is 4.24. The summed E-state index contributed by atoms with van der Waals surface area (Å²) < 4.78 is 26.6. The minimum Gasteiger partial charge on any atom is -0.320 e. The van der Waals surface area contributed by atoms with Gasteiger partial charge in [-0.25, -0.2) is 13.8 Å². The van der Waals surface area contributed by atoms with Crippen molar-refractivity contribution in [1.29, 1.82) is 0 Å². The Kier molecular flexibility index (Phi) is 2.97. The first-order valence-electron chi connectivity index (χ1n) is 5.09. The van der Waals surface area contributed by atoms with Gasteiger partial charge in [0.1, 0.15) is 5.01 Å². The van der Waals surface area contributed by atoms with Crippen molar-refractivity contribution in [3.8, 4) is 11.3 Å². The molecule has 0 spiro atoms. The fourth-order valence-electron chi connectivity index (χ4n) is 1.40. The third-order valence-corrected chi connectivity index (χ3v) is 3.46. The molecule has 2 aromatic rings. The van der Waals surface area contributed by atoms with E-state index in [1.165, 1.54) is 23.5 Å². The molecule has 2 N–H and O–H groups in total. The summed E-state index contributed by atoms with van der Waals surface area (Å²) in [7, 11) is 0. The molecule has 0 amide bonds. The van der Waals surface area contributed by atoms with Crippen molar-refractivity contribution in [3.05, 3.63) is 40.2 Å². The van der Waals surface area contributed by atoms with Crippen LogP contribution in [0, 0.1) is 11.6 Å². The molecule has 0 aliphatic rings. The van der Waals surface area contributed by atoms with E-state index in [-0.39, 0.29) is 5.56 Å². The molecule has 0 aliphatic heterocycles. The molecule has 17 heavy (non-hydrogen) atoms. The maximum Gasteiger partial charge on any atom is 0.168 e. The summed E-state index contributed by atoms with van der Waals surface area (Å²) in [6, 6.07) is 4.04. The van der Waals surface area contributed by atoms with E-state index in [1.54, 1.807) is 5.38 Å². The third-order valence-electron chi connectivity index (χ3n) is 2.28. The quantitative estimate of drug-likeness (QED) is 0.893. The van der Waals surface area contributed by atoms with Gasteiger partial charge >= 0.3 is 0 Å². The normalized spacial score (nSPS) is 11.8. The molecule has 0 saturated heterocycles. The average molecular weight is 254 g/mol. The summed E-state index contributed by atoms with van der Waals surface area (Å²) in [5, 5.41) is 2.37. The standard InChI is InChI=1S/C12H12F2N2S/c1-12(2,15)11-16-9(6-17-11)7-4-3-5-8(13)10(7)14/h3-6H,15H2,1-2H3. The SMILES string of the molecule is CC(C)(N)c1nc(-c2cccc(F)c2F)cs1. The first-order valence-corrected chi connectivity index (χ1v) is 5.97. The molecule has 0 aliphatic carbocycles. The highest BCUT2D eigenvalue weighted by Gasteiger charge is 2.20. The molecule has 0 fully saturated rings. The molecule has 5 heteroatoms. The molecule has 0 atom stereocenters. The fraction of sp³-hybridized carbons (Fsp3) is 0.250. The van der Waals surface area contributed by atoms with Gasteiger partial charge in [-0.2, -0.15) is 0 Å². The Morgan fingerprint density at radius 2 is 2.00 bits per heavy atom. The summed E-state index contributed by atoms with van der Waals surface area (Å²) in [6.45, 7) is 3.63. The summed E-state index contributed by atoms with van der Waals surface area (Å²) in [6.07, 6.45) is 0. The monoisotopic (exact) mass is 254 g/mol. The number of halogens is 2. The van der Waals surface area contributed by atoms with Crippen molar-refractivity contribution < 1.29 is 8.78 Å². The third kappa shape index (κ3) is 2.35. The Bertz CT molecular complexity index is 544. The van der Waals surface area contributed by atoms with Crippen LogP contribution in [0.4, 0.5) is 8.78 Å². The number of nitrogens with zero attached hydrogens (tertiary/aromatic N) is 1. The van der Waals surface area contributed by atoms with Crippen molar-refractivity contribution in [2.75, 3.05) is 0 Å². The van der Waals surface area contributed by atoms with E-state index >= 15 is 0 Å². The largest absolute Gasteiger partial charge is 0.320 e. The number of nitrogens with two attached hydrogens (primary N) is 1. The van der Waals surface area contributed by atoms with E-state index in [9.17, 15) is 8.78 Å². The second-order valence-corrected chi connectivity index (χ2v) is 5.22. The Labute approximate surface area is 102 Å². The molecular formula is C12H12F2N2S. The number of hydrogen-bond acceptors (Lipinski definition) is 3. The molecule has 2 rings (SSSR count). The number of thiazole rings is 1. The molecule has 1 aromatic heterocycles. The maximum atomic E-state index is 13.6. The predicted octanol–water partition coefficient (Wildman–Crippen LogP) is 3.28. The van der Waals surface area contributed by atoms with Gasteiger partial charge in [0.25, 0.3) is 0 Å². The van der Waals surface area contributed by atoms with Crippen LogP contribution in [0.2, 0.25) is 0 Å². The Hall–Kier alpha value is -1.33. The van der Waals surface area contributed by atoms with Gasteiger partial charge in [0.2, 0.25) is 0 Å². The van der Waals surface area contributed by atoms with Crippen LogP contribution < -0.4 is 5.73 Å². The number of hydrogen-bond donors (Lipinski definition) is 1. The Morgan fingerprint density at radius 1 is 1.29 bits per heavy atom. The van der Waals surface area contributed by atoms with Crippen LogP contribution in [-0.4, -0.2) is 4.98 Å². The molecule has 0 bridgehead atoms. The van der Waals surface area contributed by atoms with Crippen LogP contribution in [0.15, 0.2) is 23.6 Å². The molecule has 90 valence electrons.